The van der Waals surface area contributed by atoms with Crippen LogP contribution in [0.4, 0.5) is 0 Å². The first-order valence-corrected chi connectivity index (χ1v) is 8.56. The third kappa shape index (κ3) is 7.07. The number of nitrogens with one attached hydrogen (secondary N) is 2. The molecule has 0 bridgehead atoms. The number of hydrogen-bond acceptors (Lipinski definition) is 3. The lowest BCUT2D eigenvalue weighted by atomic mass is 10.2. The van der Waals surface area contributed by atoms with E-state index in [9.17, 15) is 8.42 Å². The van der Waals surface area contributed by atoms with Gasteiger partial charge in [-0.05, 0) is 19.3 Å². The molecule has 6 nitrogen and oxygen atoms in total. The van der Waals surface area contributed by atoms with Crippen molar-refractivity contribution in [2.45, 2.75) is 27.2 Å². The first-order valence-electron chi connectivity index (χ1n) is 6.95. The Labute approximate surface area is 139 Å². The molecule has 0 saturated carbocycles. The predicted molar refractivity (Wildman–Crippen MR) is 94.2 cm³/mol. The Bertz CT molecular complexity index is 398. The Morgan fingerprint density at radius 3 is 2.55 bits per heavy atom. The standard InChI is InChI=1S/C12H26N4O2S.HI/c1-4-13-12(15-10-11(2)3)14-6-8-16-7-5-9-19(16,17)18;/h11H,4-10H2,1-3H3,(H2,13,14,15);1H. The van der Waals surface area contributed by atoms with Gasteiger partial charge in [0.15, 0.2) is 5.96 Å². The lowest BCUT2D eigenvalue weighted by Gasteiger charge is -2.16. The highest BCUT2D eigenvalue weighted by molar-refractivity contribution is 14.0. The normalized spacial score (nSPS) is 18.9. The maximum atomic E-state index is 11.6. The molecule has 2 N–H and O–H groups in total. The van der Waals surface area contributed by atoms with Crippen LogP contribution in [0.15, 0.2) is 4.99 Å². The van der Waals surface area contributed by atoms with Crippen molar-refractivity contribution in [3.05, 3.63) is 0 Å². The van der Waals surface area contributed by atoms with E-state index in [0.717, 1.165) is 25.5 Å². The fraction of sp³-hybridized carbons (Fsp3) is 0.917. The molecule has 20 heavy (non-hydrogen) atoms. The van der Waals surface area contributed by atoms with Crippen molar-refractivity contribution >= 4 is 40.0 Å². The molecule has 0 aromatic heterocycles. The lowest BCUT2D eigenvalue weighted by Crippen LogP contribution is -2.42. The summed E-state index contributed by atoms with van der Waals surface area (Å²) in [5.74, 6) is 1.55. The fourth-order valence-electron chi connectivity index (χ4n) is 1.86. The van der Waals surface area contributed by atoms with Gasteiger partial charge in [0.2, 0.25) is 10.0 Å². The molecule has 120 valence electrons. The topological polar surface area (TPSA) is 73.8 Å². The molecule has 0 spiro atoms. The minimum atomic E-state index is -2.99. The molecule has 0 atom stereocenters. The van der Waals surface area contributed by atoms with Gasteiger partial charge >= 0.3 is 0 Å². The minimum Gasteiger partial charge on any atom is -0.357 e. The molecule has 1 saturated heterocycles. The lowest BCUT2D eigenvalue weighted by molar-refractivity contribution is 0.445. The van der Waals surface area contributed by atoms with Gasteiger partial charge in [-0.15, -0.1) is 24.0 Å². The van der Waals surface area contributed by atoms with E-state index in [1.165, 1.54) is 0 Å². The van der Waals surface area contributed by atoms with E-state index in [1.807, 2.05) is 6.92 Å². The Morgan fingerprint density at radius 2 is 2.05 bits per heavy atom. The number of guanidine groups is 1. The van der Waals surface area contributed by atoms with Crippen molar-refractivity contribution in [3.63, 3.8) is 0 Å². The van der Waals surface area contributed by atoms with Crippen LogP contribution >= 0.6 is 24.0 Å². The van der Waals surface area contributed by atoms with Crippen LogP contribution in [-0.4, -0.2) is 57.2 Å². The summed E-state index contributed by atoms with van der Waals surface area (Å²) in [6.45, 7) is 9.54. The molecule has 0 amide bonds. The van der Waals surface area contributed by atoms with Crippen LogP contribution in [0.25, 0.3) is 0 Å². The summed E-state index contributed by atoms with van der Waals surface area (Å²) in [6.07, 6.45) is 0.740. The van der Waals surface area contributed by atoms with Crippen molar-refractivity contribution < 1.29 is 8.42 Å². The summed E-state index contributed by atoms with van der Waals surface area (Å²) >= 11 is 0. The third-order valence-electron chi connectivity index (χ3n) is 2.82. The Morgan fingerprint density at radius 1 is 1.35 bits per heavy atom. The number of halogens is 1. The molecule has 8 heteroatoms. The zero-order valence-electron chi connectivity index (χ0n) is 12.6. The van der Waals surface area contributed by atoms with Crippen molar-refractivity contribution in [2.75, 3.05) is 38.5 Å². The molecule has 0 aromatic rings. The zero-order chi connectivity index (χ0) is 14.3. The van der Waals surface area contributed by atoms with Crippen LogP contribution in [0, 0.1) is 5.92 Å². The molecule has 1 heterocycles. The SMILES string of the molecule is CCNC(=NCC(C)C)NCCN1CCCS1(=O)=O.I. The van der Waals surface area contributed by atoms with Gasteiger partial charge in [0.05, 0.1) is 5.75 Å². The second kappa shape index (κ2) is 9.78. The van der Waals surface area contributed by atoms with Crippen LogP contribution < -0.4 is 10.6 Å². The second-order valence-electron chi connectivity index (χ2n) is 5.11. The van der Waals surface area contributed by atoms with E-state index in [-0.39, 0.29) is 29.7 Å². The van der Waals surface area contributed by atoms with E-state index in [4.69, 9.17) is 0 Å². The highest BCUT2D eigenvalue weighted by atomic mass is 127. The first-order chi connectivity index (χ1) is 8.95. The van der Waals surface area contributed by atoms with Gasteiger partial charge in [0, 0.05) is 32.7 Å². The molecule has 0 aromatic carbocycles. The largest absolute Gasteiger partial charge is 0.357 e. The van der Waals surface area contributed by atoms with Gasteiger partial charge in [-0.2, -0.15) is 0 Å². The highest BCUT2D eigenvalue weighted by Gasteiger charge is 2.27. The van der Waals surface area contributed by atoms with Crippen LogP contribution in [-0.2, 0) is 10.0 Å². The molecule has 0 unspecified atom stereocenters. The van der Waals surface area contributed by atoms with Crippen molar-refractivity contribution in [1.82, 2.24) is 14.9 Å². The van der Waals surface area contributed by atoms with E-state index >= 15 is 0 Å². The molecule has 1 aliphatic rings. The predicted octanol–water partition coefficient (Wildman–Crippen LogP) is 0.851. The van der Waals surface area contributed by atoms with E-state index < -0.39 is 10.0 Å². The van der Waals surface area contributed by atoms with Gasteiger partial charge in [-0.3, -0.25) is 4.99 Å². The summed E-state index contributed by atoms with van der Waals surface area (Å²) in [5, 5.41) is 6.33. The number of hydrogen-bond donors (Lipinski definition) is 2. The Balaban J connectivity index is 0.00000361. The van der Waals surface area contributed by atoms with Gasteiger partial charge in [-0.25, -0.2) is 12.7 Å². The van der Waals surface area contributed by atoms with E-state index in [2.05, 4.69) is 29.5 Å². The monoisotopic (exact) mass is 418 g/mol. The number of sulfonamides is 1. The van der Waals surface area contributed by atoms with Gasteiger partial charge in [0.1, 0.15) is 0 Å². The Hall–Kier alpha value is -0.0900. The quantitative estimate of drug-likeness (QED) is 0.381. The molecule has 1 fully saturated rings. The van der Waals surface area contributed by atoms with Crippen LogP contribution in [0.5, 0.6) is 0 Å². The maximum Gasteiger partial charge on any atom is 0.214 e. The molecular weight excluding hydrogens is 391 g/mol. The van der Waals surface area contributed by atoms with Gasteiger partial charge in [-0.1, -0.05) is 13.8 Å². The van der Waals surface area contributed by atoms with Crippen molar-refractivity contribution in [2.24, 2.45) is 10.9 Å². The van der Waals surface area contributed by atoms with Crippen LogP contribution in [0.2, 0.25) is 0 Å². The molecule has 0 radical (unpaired) electrons. The highest BCUT2D eigenvalue weighted by Crippen LogP contribution is 2.11. The number of aliphatic imine (C=N–C) groups is 1. The smallest absolute Gasteiger partial charge is 0.214 e. The average molecular weight is 418 g/mol. The zero-order valence-corrected chi connectivity index (χ0v) is 15.7. The minimum absolute atomic E-state index is 0. The summed E-state index contributed by atoms with van der Waals surface area (Å²) in [6, 6.07) is 0. The van der Waals surface area contributed by atoms with Crippen molar-refractivity contribution in [3.8, 4) is 0 Å². The van der Waals surface area contributed by atoms with Gasteiger partial charge < -0.3 is 10.6 Å². The summed E-state index contributed by atoms with van der Waals surface area (Å²) < 4.78 is 24.8. The molecule has 1 aliphatic heterocycles. The molecular formula is C12H27IN4O2S. The maximum absolute atomic E-state index is 11.6. The summed E-state index contributed by atoms with van der Waals surface area (Å²) in [7, 11) is -2.99. The molecule has 1 rings (SSSR count). The third-order valence-corrected chi connectivity index (χ3v) is 4.77. The summed E-state index contributed by atoms with van der Waals surface area (Å²) in [4.78, 5) is 4.44. The van der Waals surface area contributed by atoms with Crippen LogP contribution in [0.3, 0.4) is 0 Å². The second-order valence-corrected chi connectivity index (χ2v) is 7.20. The van der Waals surface area contributed by atoms with Gasteiger partial charge in [0.25, 0.3) is 0 Å². The fourth-order valence-corrected chi connectivity index (χ4v) is 3.39. The number of nitrogens with zero attached hydrogens (tertiary/aromatic N) is 2. The first kappa shape index (κ1) is 19.9. The van der Waals surface area contributed by atoms with Crippen molar-refractivity contribution in [1.29, 1.82) is 0 Å². The average Bonchev–Trinajstić information content (AvgIpc) is 2.65. The van der Waals surface area contributed by atoms with E-state index in [0.29, 0.717) is 25.6 Å². The van der Waals surface area contributed by atoms with Crippen LogP contribution in [0.1, 0.15) is 27.2 Å². The molecule has 0 aliphatic carbocycles. The summed E-state index contributed by atoms with van der Waals surface area (Å²) in [5.41, 5.74) is 0. The van der Waals surface area contributed by atoms with E-state index in [1.54, 1.807) is 4.31 Å². The number of rotatable bonds is 6. The Kier molecular flexibility index (Phi) is 9.73.